The van der Waals surface area contributed by atoms with Crippen LogP contribution in [0.2, 0.25) is 0 Å². The van der Waals surface area contributed by atoms with Crippen LogP contribution in [-0.4, -0.2) is 15.2 Å². The van der Waals surface area contributed by atoms with E-state index >= 15 is 0 Å². The number of hydrogen-bond acceptors (Lipinski definition) is 3. The maximum Gasteiger partial charge on any atom is 0.181 e. The zero-order chi connectivity index (χ0) is 14.8. The third kappa shape index (κ3) is 3.01. The van der Waals surface area contributed by atoms with Crippen molar-refractivity contribution in [3.05, 3.63) is 58.3 Å². The van der Waals surface area contributed by atoms with Gasteiger partial charge in [0.05, 0.1) is 0 Å². The van der Waals surface area contributed by atoms with Crippen LogP contribution in [0.25, 0.3) is 22.8 Å². The summed E-state index contributed by atoms with van der Waals surface area (Å²) in [5.74, 6) is 0.750. The number of aromatic nitrogens is 3. The molecule has 0 aliphatic heterocycles. The Morgan fingerprint density at radius 3 is 2.52 bits per heavy atom. The maximum atomic E-state index is 13.4. The number of nitrogens with zero attached hydrogens (tertiary/aromatic N) is 2. The molecule has 0 saturated heterocycles. The fourth-order valence-corrected chi connectivity index (χ4v) is 2.47. The van der Waals surface area contributed by atoms with Gasteiger partial charge in [-0.3, -0.25) is 5.10 Å². The van der Waals surface area contributed by atoms with E-state index in [0.717, 1.165) is 11.1 Å². The standard InChI is InChI=1S/C15H12BrFN4/c16-12-5-11(6-13(17)7-12)15-19-14(20-21-15)10-3-1-9(8-18)2-4-10/h1-7H,8,18H2,(H,19,20,21). The summed E-state index contributed by atoms with van der Waals surface area (Å²) in [6.45, 7) is 0.499. The minimum Gasteiger partial charge on any atom is -0.326 e. The Labute approximate surface area is 129 Å². The Morgan fingerprint density at radius 2 is 1.86 bits per heavy atom. The van der Waals surface area contributed by atoms with Crippen molar-refractivity contribution in [3.8, 4) is 22.8 Å². The van der Waals surface area contributed by atoms with Gasteiger partial charge >= 0.3 is 0 Å². The highest BCUT2D eigenvalue weighted by atomic mass is 79.9. The maximum absolute atomic E-state index is 13.4. The quantitative estimate of drug-likeness (QED) is 0.762. The summed E-state index contributed by atoms with van der Waals surface area (Å²) in [5.41, 5.74) is 8.14. The van der Waals surface area contributed by atoms with Gasteiger partial charge in [-0.2, -0.15) is 5.10 Å². The summed E-state index contributed by atoms with van der Waals surface area (Å²) in [7, 11) is 0. The van der Waals surface area contributed by atoms with Gasteiger partial charge < -0.3 is 5.73 Å². The lowest BCUT2D eigenvalue weighted by molar-refractivity contribution is 0.627. The summed E-state index contributed by atoms with van der Waals surface area (Å²) in [5, 5.41) is 7.01. The first kappa shape index (κ1) is 13.9. The van der Waals surface area contributed by atoms with Crippen molar-refractivity contribution in [2.75, 3.05) is 0 Å². The zero-order valence-corrected chi connectivity index (χ0v) is 12.6. The van der Waals surface area contributed by atoms with Crippen molar-refractivity contribution in [2.24, 2.45) is 5.73 Å². The van der Waals surface area contributed by atoms with Gasteiger partial charge in [-0.05, 0) is 23.8 Å². The van der Waals surface area contributed by atoms with Gasteiger partial charge in [0.25, 0.3) is 0 Å². The molecule has 1 aromatic heterocycles. The third-order valence-corrected chi connectivity index (χ3v) is 3.53. The molecule has 3 aromatic rings. The molecule has 21 heavy (non-hydrogen) atoms. The summed E-state index contributed by atoms with van der Waals surface area (Å²) in [4.78, 5) is 4.40. The Hall–Kier alpha value is -2.05. The number of halogens is 2. The van der Waals surface area contributed by atoms with Gasteiger partial charge in [-0.15, -0.1) is 0 Å². The molecule has 0 fully saturated rings. The van der Waals surface area contributed by atoms with Crippen LogP contribution in [0.5, 0.6) is 0 Å². The topological polar surface area (TPSA) is 67.6 Å². The van der Waals surface area contributed by atoms with Crippen LogP contribution in [-0.2, 0) is 6.54 Å². The molecule has 0 aliphatic carbocycles. The smallest absolute Gasteiger partial charge is 0.181 e. The largest absolute Gasteiger partial charge is 0.326 e. The number of rotatable bonds is 3. The van der Waals surface area contributed by atoms with Crippen molar-refractivity contribution in [3.63, 3.8) is 0 Å². The summed E-state index contributed by atoms with van der Waals surface area (Å²) >= 11 is 3.26. The number of hydrogen-bond donors (Lipinski definition) is 2. The lowest BCUT2D eigenvalue weighted by Gasteiger charge is -1.99. The van der Waals surface area contributed by atoms with Gasteiger partial charge in [0.1, 0.15) is 5.82 Å². The zero-order valence-electron chi connectivity index (χ0n) is 11.0. The van der Waals surface area contributed by atoms with Gasteiger partial charge in [-0.25, -0.2) is 9.37 Å². The lowest BCUT2D eigenvalue weighted by atomic mass is 10.1. The SMILES string of the molecule is NCc1ccc(-c2nc(-c3cc(F)cc(Br)c3)n[nH]2)cc1. The van der Waals surface area contributed by atoms with E-state index in [0.29, 0.717) is 28.2 Å². The molecule has 0 unspecified atom stereocenters. The predicted molar refractivity (Wildman–Crippen MR) is 82.8 cm³/mol. The molecule has 1 heterocycles. The molecule has 0 bridgehead atoms. The molecule has 6 heteroatoms. The molecule has 0 saturated carbocycles. The Morgan fingerprint density at radius 1 is 1.10 bits per heavy atom. The number of nitrogens with two attached hydrogens (primary N) is 1. The molecule has 0 spiro atoms. The minimum atomic E-state index is -0.335. The van der Waals surface area contributed by atoms with Crippen LogP contribution < -0.4 is 5.73 Å². The van der Waals surface area contributed by atoms with Crippen molar-refractivity contribution >= 4 is 15.9 Å². The Kier molecular flexibility index (Phi) is 3.81. The van der Waals surface area contributed by atoms with E-state index in [2.05, 4.69) is 31.1 Å². The normalized spacial score (nSPS) is 10.8. The first-order valence-corrected chi connectivity index (χ1v) is 7.13. The molecular weight excluding hydrogens is 335 g/mol. The van der Waals surface area contributed by atoms with Gasteiger partial charge in [-0.1, -0.05) is 40.2 Å². The van der Waals surface area contributed by atoms with E-state index in [4.69, 9.17) is 5.73 Å². The second kappa shape index (κ2) is 5.75. The van der Waals surface area contributed by atoms with E-state index in [-0.39, 0.29) is 5.82 Å². The Bertz CT molecular complexity index is 747. The van der Waals surface area contributed by atoms with Gasteiger partial charge in [0.15, 0.2) is 11.6 Å². The number of benzene rings is 2. The van der Waals surface area contributed by atoms with Crippen molar-refractivity contribution in [1.29, 1.82) is 0 Å². The average Bonchev–Trinajstić information content (AvgIpc) is 2.96. The fraction of sp³-hybridized carbons (Fsp3) is 0.0667. The number of aromatic amines is 1. The minimum absolute atomic E-state index is 0.335. The van der Waals surface area contributed by atoms with Crippen LogP contribution in [0, 0.1) is 5.82 Å². The number of nitrogens with one attached hydrogen (secondary N) is 1. The van der Waals surface area contributed by atoms with E-state index < -0.39 is 0 Å². The van der Waals surface area contributed by atoms with Crippen LogP contribution >= 0.6 is 15.9 Å². The highest BCUT2D eigenvalue weighted by molar-refractivity contribution is 9.10. The van der Waals surface area contributed by atoms with Gasteiger partial charge in [0.2, 0.25) is 0 Å². The van der Waals surface area contributed by atoms with Crippen LogP contribution in [0.4, 0.5) is 4.39 Å². The van der Waals surface area contributed by atoms with E-state index in [9.17, 15) is 4.39 Å². The third-order valence-electron chi connectivity index (χ3n) is 3.07. The first-order valence-electron chi connectivity index (χ1n) is 6.34. The predicted octanol–water partition coefficient (Wildman–Crippen LogP) is 3.50. The van der Waals surface area contributed by atoms with Crippen LogP contribution in [0.3, 0.4) is 0 Å². The van der Waals surface area contributed by atoms with Crippen LogP contribution in [0.1, 0.15) is 5.56 Å². The molecule has 3 N–H and O–H groups in total. The van der Waals surface area contributed by atoms with Crippen molar-refractivity contribution in [2.45, 2.75) is 6.54 Å². The second-order valence-electron chi connectivity index (χ2n) is 4.57. The molecule has 0 radical (unpaired) electrons. The summed E-state index contributed by atoms with van der Waals surface area (Å²) in [6, 6.07) is 12.3. The van der Waals surface area contributed by atoms with E-state index in [1.54, 1.807) is 6.07 Å². The molecule has 106 valence electrons. The average molecular weight is 347 g/mol. The van der Waals surface area contributed by atoms with E-state index in [1.165, 1.54) is 12.1 Å². The monoisotopic (exact) mass is 346 g/mol. The first-order chi connectivity index (χ1) is 10.2. The highest BCUT2D eigenvalue weighted by Gasteiger charge is 2.09. The number of H-pyrrole nitrogens is 1. The highest BCUT2D eigenvalue weighted by Crippen LogP contribution is 2.24. The molecular formula is C15H12BrFN4. The van der Waals surface area contributed by atoms with Gasteiger partial charge in [0, 0.05) is 22.1 Å². The molecule has 0 atom stereocenters. The molecule has 4 nitrogen and oxygen atoms in total. The molecule has 3 rings (SSSR count). The second-order valence-corrected chi connectivity index (χ2v) is 5.48. The van der Waals surface area contributed by atoms with Crippen molar-refractivity contribution in [1.82, 2.24) is 15.2 Å². The molecule has 0 aliphatic rings. The fourth-order valence-electron chi connectivity index (χ4n) is 2.00. The molecule has 0 amide bonds. The molecule has 2 aromatic carbocycles. The summed E-state index contributed by atoms with van der Waals surface area (Å²) in [6.07, 6.45) is 0. The van der Waals surface area contributed by atoms with Crippen LogP contribution in [0.15, 0.2) is 46.9 Å². The van der Waals surface area contributed by atoms with E-state index in [1.807, 2.05) is 24.3 Å². The summed E-state index contributed by atoms with van der Waals surface area (Å²) < 4.78 is 14.1. The van der Waals surface area contributed by atoms with Crippen molar-refractivity contribution < 1.29 is 4.39 Å². The lowest BCUT2D eigenvalue weighted by Crippen LogP contribution is -1.95. The Balaban J connectivity index is 1.95.